The van der Waals surface area contributed by atoms with E-state index < -0.39 is 0 Å². The molecule has 1 aliphatic heterocycles. The van der Waals surface area contributed by atoms with Gasteiger partial charge in [0.1, 0.15) is 0 Å². The lowest BCUT2D eigenvalue weighted by molar-refractivity contribution is 0.587. The molecule has 3 nitrogen and oxygen atoms in total. The number of nitrogens with zero attached hydrogens (tertiary/aromatic N) is 2. The molecule has 0 spiro atoms. The SMILES string of the molecule is Cc1cc(N2CCSCC2)c(CNC(C)C)cn1. The standard InChI is InChI=1S/C14H23N3S/c1-11(2)15-9-13-10-16-12(3)8-14(13)17-4-6-18-7-5-17/h8,10-11,15H,4-7,9H2,1-3H3. The average molecular weight is 265 g/mol. The lowest BCUT2D eigenvalue weighted by atomic mass is 10.1. The van der Waals surface area contributed by atoms with E-state index in [1.54, 1.807) is 0 Å². The van der Waals surface area contributed by atoms with Gasteiger partial charge >= 0.3 is 0 Å². The second-order valence-corrected chi connectivity index (χ2v) is 6.31. The maximum absolute atomic E-state index is 4.44. The Bertz CT molecular complexity index is 387. The lowest BCUT2D eigenvalue weighted by Gasteiger charge is -2.30. The third kappa shape index (κ3) is 3.62. The van der Waals surface area contributed by atoms with Crippen LogP contribution in [0.25, 0.3) is 0 Å². The summed E-state index contributed by atoms with van der Waals surface area (Å²) in [5, 5.41) is 3.49. The first-order valence-electron chi connectivity index (χ1n) is 6.68. The first-order chi connectivity index (χ1) is 8.66. The highest BCUT2D eigenvalue weighted by molar-refractivity contribution is 7.99. The third-order valence-electron chi connectivity index (χ3n) is 3.15. The Morgan fingerprint density at radius 1 is 1.39 bits per heavy atom. The minimum absolute atomic E-state index is 0.510. The van der Waals surface area contributed by atoms with Crippen LogP contribution in [0, 0.1) is 6.92 Å². The first kappa shape index (κ1) is 13.7. The van der Waals surface area contributed by atoms with Gasteiger partial charge in [-0.05, 0) is 13.0 Å². The second-order valence-electron chi connectivity index (χ2n) is 5.09. The van der Waals surface area contributed by atoms with Crippen LogP contribution in [0.1, 0.15) is 25.1 Å². The zero-order valence-corrected chi connectivity index (χ0v) is 12.4. The molecule has 2 rings (SSSR count). The van der Waals surface area contributed by atoms with Crippen LogP contribution in [0.2, 0.25) is 0 Å². The van der Waals surface area contributed by atoms with Crippen molar-refractivity contribution in [3.8, 4) is 0 Å². The Morgan fingerprint density at radius 2 is 2.11 bits per heavy atom. The predicted molar refractivity (Wildman–Crippen MR) is 80.5 cm³/mol. The van der Waals surface area contributed by atoms with Crippen LogP contribution in [-0.4, -0.2) is 35.6 Å². The zero-order chi connectivity index (χ0) is 13.0. The van der Waals surface area contributed by atoms with Crippen LogP contribution < -0.4 is 10.2 Å². The molecule has 1 N–H and O–H groups in total. The monoisotopic (exact) mass is 265 g/mol. The van der Waals surface area contributed by atoms with Crippen molar-refractivity contribution in [2.24, 2.45) is 0 Å². The molecular formula is C14H23N3S. The molecule has 0 radical (unpaired) electrons. The number of pyridine rings is 1. The summed E-state index contributed by atoms with van der Waals surface area (Å²) in [5.41, 5.74) is 3.80. The van der Waals surface area contributed by atoms with E-state index in [0.29, 0.717) is 6.04 Å². The van der Waals surface area contributed by atoms with Crippen molar-refractivity contribution < 1.29 is 0 Å². The predicted octanol–water partition coefficient (Wildman–Crippen LogP) is 2.44. The molecule has 18 heavy (non-hydrogen) atoms. The molecular weight excluding hydrogens is 242 g/mol. The lowest BCUT2D eigenvalue weighted by Crippen LogP contribution is -2.34. The Hall–Kier alpha value is -0.740. The van der Waals surface area contributed by atoms with E-state index in [1.165, 1.54) is 22.8 Å². The van der Waals surface area contributed by atoms with Crippen LogP contribution in [0.4, 0.5) is 5.69 Å². The summed E-state index contributed by atoms with van der Waals surface area (Å²) in [7, 11) is 0. The molecule has 0 saturated carbocycles. The van der Waals surface area contributed by atoms with Gasteiger partial charge in [0.15, 0.2) is 0 Å². The Labute approximate surface area is 114 Å². The Kier molecular flexibility index (Phi) is 4.89. The van der Waals surface area contributed by atoms with Crippen molar-refractivity contribution in [3.63, 3.8) is 0 Å². The molecule has 0 aromatic carbocycles. The topological polar surface area (TPSA) is 28.2 Å². The fourth-order valence-electron chi connectivity index (χ4n) is 2.12. The van der Waals surface area contributed by atoms with Crippen LogP contribution >= 0.6 is 11.8 Å². The molecule has 1 saturated heterocycles. The Morgan fingerprint density at radius 3 is 2.78 bits per heavy atom. The average Bonchev–Trinajstić information content (AvgIpc) is 2.38. The van der Waals surface area contributed by atoms with Gasteiger partial charge in [-0.25, -0.2) is 0 Å². The minimum Gasteiger partial charge on any atom is -0.370 e. The summed E-state index contributed by atoms with van der Waals surface area (Å²) in [6, 6.07) is 2.74. The van der Waals surface area contributed by atoms with Gasteiger partial charge in [0.25, 0.3) is 0 Å². The molecule has 1 aromatic rings. The Balaban J connectivity index is 2.16. The summed E-state index contributed by atoms with van der Waals surface area (Å²) >= 11 is 2.05. The summed E-state index contributed by atoms with van der Waals surface area (Å²) in [5.74, 6) is 2.47. The number of nitrogens with one attached hydrogen (secondary N) is 1. The fraction of sp³-hybridized carbons (Fsp3) is 0.643. The number of rotatable bonds is 4. The van der Waals surface area contributed by atoms with Gasteiger partial charge in [-0.2, -0.15) is 11.8 Å². The quantitative estimate of drug-likeness (QED) is 0.905. The van der Waals surface area contributed by atoms with Crippen LogP contribution in [-0.2, 0) is 6.54 Å². The van der Waals surface area contributed by atoms with Crippen molar-refractivity contribution >= 4 is 17.4 Å². The van der Waals surface area contributed by atoms with Gasteiger partial charge < -0.3 is 10.2 Å². The molecule has 2 heterocycles. The molecule has 0 aliphatic carbocycles. The minimum atomic E-state index is 0.510. The molecule has 1 fully saturated rings. The number of aryl methyl sites for hydroxylation is 1. The first-order valence-corrected chi connectivity index (χ1v) is 7.84. The van der Waals surface area contributed by atoms with Crippen molar-refractivity contribution in [2.75, 3.05) is 29.5 Å². The van der Waals surface area contributed by atoms with Crippen molar-refractivity contribution in [3.05, 3.63) is 23.5 Å². The number of hydrogen-bond donors (Lipinski definition) is 1. The van der Waals surface area contributed by atoms with Crippen molar-refractivity contribution in [1.82, 2.24) is 10.3 Å². The fourth-order valence-corrected chi connectivity index (χ4v) is 3.03. The van der Waals surface area contributed by atoms with Crippen LogP contribution in [0.5, 0.6) is 0 Å². The highest BCUT2D eigenvalue weighted by Gasteiger charge is 2.15. The molecule has 100 valence electrons. The highest BCUT2D eigenvalue weighted by atomic mass is 32.2. The van der Waals surface area contributed by atoms with Gasteiger partial charge in [-0.1, -0.05) is 13.8 Å². The van der Waals surface area contributed by atoms with Gasteiger partial charge in [0, 0.05) is 60.3 Å². The van der Waals surface area contributed by atoms with Crippen LogP contribution in [0.15, 0.2) is 12.3 Å². The van der Waals surface area contributed by atoms with Gasteiger partial charge in [0.2, 0.25) is 0 Å². The summed E-state index contributed by atoms with van der Waals surface area (Å²) < 4.78 is 0. The van der Waals surface area contributed by atoms with E-state index in [9.17, 15) is 0 Å². The molecule has 1 aromatic heterocycles. The molecule has 0 amide bonds. The third-order valence-corrected chi connectivity index (χ3v) is 4.09. The molecule has 0 unspecified atom stereocenters. The number of hydrogen-bond acceptors (Lipinski definition) is 4. The maximum Gasteiger partial charge on any atom is 0.0446 e. The van der Waals surface area contributed by atoms with E-state index in [0.717, 1.165) is 25.3 Å². The molecule has 0 bridgehead atoms. The smallest absolute Gasteiger partial charge is 0.0446 e. The van der Waals surface area contributed by atoms with Crippen LogP contribution in [0.3, 0.4) is 0 Å². The zero-order valence-electron chi connectivity index (χ0n) is 11.6. The molecule has 4 heteroatoms. The van der Waals surface area contributed by atoms with Gasteiger partial charge in [-0.3, -0.25) is 4.98 Å². The van der Waals surface area contributed by atoms with E-state index in [-0.39, 0.29) is 0 Å². The van der Waals surface area contributed by atoms with Crippen molar-refractivity contribution in [2.45, 2.75) is 33.4 Å². The number of thioether (sulfide) groups is 1. The molecule has 0 atom stereocenters. The van der Waals surface area contributed by atoms with E-state index in [1.807, 2.05) is 18.0 Å². The molecule has 1 aliphatic rings. The largest absolute Gasteiger partial charge is 0.370 e. The maximum atomic E-state index is 4.44. The van der Waals surface area contributed by atoms with Gasteiger partial charge in [0.05, 0.1) is 0 Å². The highest BCUT2D eigenvalue weighted by Crippen LogP contribution is 2.24. The van der Waals surface area contributed by atoms with Crippen molar-refractivity contribution in [1.29, 1.82) is 0 Å². The van der Waals surface area contributed by atoms with Gasteiger partial charge in [-0.15, -0.1) is 0 Å². The number of anilines is 1. The summed E-state index contributed by atoms with van der Waals surface area (Å²) in [6.07, 6.45) is 2.03. The summed E-state index contributed by atoms with van der Waals surface area (Å²) in [6.45, 7) is 9.65. The van der Waals surface area contributed by atoms with E-state index in [2.05, 4.69) is 42.0 Å². The summed E-state index contributed by atoms with van der Waals surface area (Å²) in [4.78, 5) is 6.94. The second kappa shape index (κ2) is 6.43. The number of aromatic nitrogens is 1. The van der Waals surface area contributed by atoms with E-state index >= 15 is 0 Å². The van der Waals surface area contributed by atoms with E-state index in [4.69, 9.17) is 0 Å². The normalized spacial score (nSPS) is 16.3.